The zero-order chi connectivity index (χ0) is 26.8. The third kappa shape index (κ3) is 4.97. The van der Waals surface area contributed by atoms with Crippen molar-refractivity contribution in [2.75, 3.05) is 18.8 Å². The van der Waals surface area contributed by atoms with Gasteiger partial charge in [0.05, 0.1) is 23.7 Å². The van der Waals surface area contributed by atoms with Crippen LogP contribution in [0.15, 0.2) is 67.1 Å². The first-order valence-electron chi connectivity index (χ1n) is 12.6. The number of piperidine rings is 1. The van der Waals surface area contributed by atoms with Gasteiger partial charge in [-0.1, -0.05) is 12.1 Å². The Kier molecular flexibility index (Phi) is 6.52. The van der Waals surface area contributed by atoms with E-state index in [-0.39, 0.29) is 6.04 Å². The molecule has 0 atom stereocenters. The first-order chi connectivity index (χ1) is 19.1. The number of fused-ring (bicyclic) bond motifs is 1. The molecule has 0 radical (unpaired) electrons. The predicted molar refractivity (Wildman–Crippen MR) is 145 cm³/mol. The third-order valence-electron chi connectivity index (χ3n) is 6.90. The van der Waals surface area contributed by atoms with E-state index >= 15 is 0 Å². The Bertz CT molecular complexity index is 1650. The summed E-state index contributed by atoms with van der Waals surface area (Å²) in [6.45, 7) is 2.70. The Morgan fingerprint density at radius 2 is 1.79 bits per heavy atom. The number of rotatable bonds is 6. The summed E-state index contributed by atoms with van der Waals surface area (Å²) in [6.07, 6.45) is 8.32. The molecule has 0 saturated carbocycles. The van der Waals surface area contributed by atoms with Crippen molar-refractivity contribution < 1.29 is 4.39 Å². The number of nitrogens with one attached hydrogen (secondary N) is 1. The highest BCUT2D eigenvalue weighted by molar-refractivity contribution is 5.81. The van der Waals surface area contributed by atoms with Gasteiger partial charge in [-0.15, -0.1) is 0 Å². The van der Waals surface area contributed by atoms with E-state index < -0.39 is 5.82 Å². The van der Waals surface area contributed by atoms with Gasteiger partial charge in [0.15, 0.2) is 23.3 Å². The van der Waals surface area contributed by atoms with E-state index in [0.717, 1.165) is 44.4 Å². The predicted octanol–water partition coefficient (Wildman–Crippen LogP) is 3.70. The summed E-state index contributed by atoms with van der Waals surface area (Å²) in [5, 5.41) is 11.7. The number of nitriles is 1. The minimum absolute atomic E-state index is 0.262. The molecule has 194 valence electrons. The lowest BCUT2D eigenvalue weighted by Gasteiger charge is -2.31. The van der Waals surface area contributed by atoms with Crippen LogP contribution in [0.1, 0.15) is 18.4 Å². The Hall–Kier alpha value is -4.95. The fraction of sp³-hybridized carbons (Fsp3) is 0.214. The van der Waals surface area contributed by atoms with Crippen molar-refractivity contribution >= 4 is 17.1 Å². The number of hydrogen-bond acceptors (Lipinski definition) is 9. The van der Waals surface area contributed by atoms with Gasteiger partial charge >= 0.3 is 0 Å². The molecule has 0 unspecified atom stereocenters. The van der Waals surface area contributed by atoms with Gasteiger partial charge in [0.25, 0.3) is 0 Å². The molecule has 1 aliphatic heterocycles. The number of pyridine rings is 2. The monoisotopic (exact) mass is 520 g/mol. The summed E-state index contributed by atoms with van der Waals surface area (Å²) in [5.74, 6) is 0.496. The van der Waals surface area contributed by atoms with Gasteiger partial charge in [-0.25, -0.2) is 24.3 Å². The summed E-state index contributed by atoms with van der Waals surface area (Å²) < 4.78 is 15.4. The van der Waals surface area contributed by atoms with Crippen molar-refractivity contribution in [1.82, 2.24) is 39.7 Å². The smallest absolute Gasteiger partial charge is 0.198 e. The first kappa shape index (κ1) is 24.4. The van der Waals surface area contributed by atoms with E-state index in [4.69, 9.17) is 21.0 Å². The molecule has 5 heterocycles. The molecule has 6 rings (SSSR count). The maximum absolute atomic E-state index is 13.5. The summed E-state index contributed by atoms with van der Waals surface area (Å²) in [6, 6.07) is 15.1. The van der Waals surface area contributed by atoms with Crippen LogP contribution in [0, 0.1) is 17.3 Å². The lowest BCUT2D eigenvalue weighted by atomic mass is 10.0. The van der Waals surface area contributed by atoms with Crippen LogP contribution in [0.4, 0.5) is 10.2 Å². The Labute approximate surface area is 224 Å². The molecule has 5 aromatic rings. The molecule has 3 N–H and O–H groups in total. The zero-order valence-electron chi connectivity index (χ0n) is 21.0. The molecule has 0 aliphatic carbocycles. The fourth-order valence-electron chi connectivity index (χ4n) is 4.87. The van der Waals surface area contributed by atoms with Gasteiger partial charge in [0.2, 0.25) is 0 Å². The third-order valence-corrected chi connectivity index (χ3v) is 6.90. The highest BCUT2D eigenvalue weighted by atomic mass is 19.1. The van der Waals surface area contributed by atoms with E-state index in [2.05, 4.69) is 43.5 Å². The van der Waals surface area contributed by atoms with Gasteiger partial charge in [-0.3, -0.25) is 14.5 Å². The Balaban J connectivity index is 1.37. The topological polar surface area (TPSA) is 134 Å². The summed E-state index contributed by atoms with van der Waals surface area (Å²) in [7, 11) is 0. The molecule has 4 aromatic heterocycles. The van der Waals surface area contributed by atoms with Gasteiger partial charge in [-0.2, -0.15) is 5.26 Å². The Morgan fingerprint density at radius 3 is 2.51 bits per heavy atom. The molecule has 0 amide bonds. The van der Waals surface area contributed by atoms with Gasteiger partial charge < -0.3 is 11.1 Å². The van der Waals surface area contributed by atoms with E-state index in [1.165, 1.54) is 11.6 Å². The molecule has 1 fully saturated rings. The molecule has 0 bridgehead atoms. The molecule has 1 saturated heterocycles. The normalized spacial score (nSPS) is 14.4. The Morgan fingerprint density at radius 1 is 0.974 bits per heavy atom. The van der Waals surface area contributed by atoms with Crippen LogP contribution in [0.2, 0.25) is 0 Å². The molecule has 10 nitrogen and oxygen atoms in total. The zero-order valence-corrected chi connectivity index (χ0v) is 21.0. The maximum atomic E-state index is 13.5. The number of nitrogens with two attached hydrogens (primary N) is 1. The van der Waals surface area contributed by atoms with Crippen molar-refractivity contribution in [3.63, 3.8) is 0 Å². The van der Waals surface area contributed by atoms with E-state index in [0.29, 0.717) is 39.9 Å². The number of benzene rings is 1. The van der Waals surface area contributed by atoms with Crippen molar-refractivity contribution in [2.24, 2.45) is 0 Å². The number of nitrogens with zero attached hydrogens (tertiary/aromatic N) is 8. The fourth-order valence-corrected chi connectivity index (χ4v) is 4.87. The second-order valence-electron chi connectivity index (χ2n) is 9.44. The van der Waals surface area contributed by atoms with Crippen molar-refractivity contribution in [3.8, 4) is 34.7 Å². The van der Waals surface area contributed by atoms with Crippen molar-refractivity contribution in [3.05, 3.63) is 78.5 Å². The summed E-state index contributed by atoms with van der Waals surface area (Å²) >= 11 is 0. The first-order valence-corrected chi connectivity index (χ1v) is 12.6. The van der Waals surface area contributed by atoms with Crippen LogP contribution >= 0.6 is 0 Å². The standard InChI is InChI=1S/C28H25FN10/c29-19-5-8-23(33-14-19)24-15-34-26-28(36-24)39(27(37-26)22-2-1-11-32-25(22)31)21-6-3-18(4-7-21)16-38-12-9-20(10-13-38)35-17-30/h1-8,11,14-15,20,35H,9-10,12-13,16H2,(H2,31,32). The second kappa shape index (κ2) is 10.4. The second-order valence-corrected chi connectivity index (χ2v) is 9.44. The van der Waals surface area contributed by atoms with Crippen LogP contribution in [0.5, 0.6) is 0 Å². The van der Waals surface area contributed by atoms with Gasteiger partial charge in [-0.05, 0) is 54.8 Å². The minimum atomic E-state index is -0.421. The average molecular weight is 521 g/mol. The number of aromatic nitrogens is 6. The number of imidazole rings is 1. The molecule has 39 heavy (non-hydrogen) atoms. The van der Waals surface area contributed by atoms with Crippen LogP contribution in [0.3, 0.4) is 0 Å². The lowest BCUT2D eigenvalue weighted by Crippen LogP contribution is -2.40. The van der Waals surface area contributed by atoms with Crippen molar-refractivity contribution in [2.45, 2.75) is 25.4 Å². The van der Waals surface area contributed by atoms with Crippen LogP contribution in [0.25, 0.3) is 39.8 Å². The number of halogens is 1. The van der Waals surface area contributed by atoms with E-state index in [9.17, 15) is 4.39 Å². The SMILES string of the molecule is N#CNC1CCN(Cc2ccc(-n3c(-c4cccnc4N)nc4ncc(-c5ccc(F)cn5)nc43)cc2)CC1. The highest BCUT2D eigenvalue weighted by Crippen LogP contribution is 2.31. The molecule has 1 aromatic carbocycles. The number of nitrogen functional groups attached to an aromatic ring is 1. The average Bonchev–Trinajstić information content (AvgIpc) is 3.34. The maximum Gasteiger partial charge on any atom is 0.198 e. The number of hydrogen-bond donors (Lipinski definition) is 2. The summed E-state index contributed by atoms with van der Waals surface area (Å²) in [4.78, 5) is 24.9. The molecule has 1 aliphatic rings. The van der Waals surface area contributed by atoms with Crippen molar-refractivity contribution in [1.29, 1.82) is 5.26 Å². The quantitative estimate of drug-likeness (QED) is 0.254. The van der Waals surface area contributed by atoms with Crippen LogP contribution in [-0.4, -0.2) is 53.5 Å². The number of anilines is 1. The minimum Gasteiger partial charge on any atom is -0.383 e. The van der Waals surface area contributed by atoms with E-state index in [1.807, 2.05) is 28.8 Å². The van der Waals surface area contributed by atoms with Crippen LogP contribution in [-0.2, 0) is 6.54 Å². The largest absolute Gasteiger partial charge is 0.383 e. The molecule has 0 spiro atoms. The number of likely N-dealkylation sites (tertiary alicyclic amines) is 1. The van der Waals surface area contributed by atoms with E-state index in [1.54, 1.807) is 18.5 Å². The lowest BCUT2D eigenvalue weighted by molar-refractivity contribution is 0.197. The highest BCUT2D eigenvalue weighted by Gasteiger charge is 2.21. The summed E-state index contributed by atoms with van der Waals surface area (Å²) in [5.41, 5.74) is 10.9. The van der Waals surface area contributed by atoms with Gasteiger partial charge in [0, 0.05) is 37.6 Å². The molecular weight excluding hydrogens is 495 g/mol. The molecule has 11 heteroatoms. The molecular formula is C28H25FN10. The van der Waals surface area contributed by atoms with Gasteiger partial charge in [0.1, 0.15) is 17.3 Å². The van der Waals surface area contributed by atoms with Crippen LogP contribution < -0.4 is 11.1 Å².